The maximum atomic E-state index is 13.0. The van der Waals surface area contributed by atoms with Crippen molar-refractivity contribution >= 4 is 23.4 Å². The lowest BCUT2D eigenvalue weighted by molar-refractivity contribution is 0.0501. The average Bonchev–Trinajstić information content (AvgIpc) is 3.30. The summed E-state index contributed by atoms with van der Waals surface area (Å²) >= 11 is 0. The van der Waals surface area contributed by atoms with Gasteiger partial charge in [0.15, 0.2) is 17.4 Å². The number of fused-ring (bicyclic) bond motifs is 1. The number of rotatable bonds is 6. The second kappa shape index (κ2) is 7.80. The van der Waals surface area contributed by atoms with Gasteiger partial charge in [0, 0.05) is 31.4 Å². The van der Waals surface area contributed by atoms with E-state index in [1.807, 2.05) is 25.2 Å². The van der Waals surface area contributed by atoms with Crippen molar-refractivity contribution in [3.8, 4) is 17.0 Å². The number of nitrogens with zero attached hydrogens (tertiary/aromatic N) is 7. The van der Waals surface area contributed by atoms with Gasteiger partial charge in [-0.25, -0.2) is 23.7 Å². The van der Waals surface area contributed by atoms with Crippen molar-refractivity contribution in [1.82, 2.24) is 34.3 Å². The first-order chi connectivity index (χ1) is 15.5. The molecule has 1 amide bonds. The highest BCUT2D eigenvalue weighted by atomic mass is 19.1. The highest BCUT2D eigenvalue weighted by Gasteiger charge is 2.32. The predicted molar refractivity (Wildman–Crippen MR) is 111 cm³/mol. The van der Waals surface area contributed by atoms with Gasteiger partial charge in [0.2, 0.25) is 5.95 Å². The minimum absolute atomic E-state index is 0.153. The molecule has 0 saturated carbocycles. The summed E-state index contributed by atoms with van der Waals surface area (Å²) < 4.78 is 22.3. The number of carboxylic acid groups (broad SMARTS) is 1. The zero-order valence-electron chi connectivity index (χ0n) is 17.0. The van der Waals surface area contributed by atoms with Crippen molar-refractivity contribution in [2.75, 3.05) is 18.5 Å². The second-order valence-corrected chi connectivity index (χ2v) is 7.37. The lowest BCUT2D eigenvalue weighted by atomic mass is 10.1. The summed E-state index contributed by atoms with van der Waals surface area (Å²) in [6.45, 7) is 0.798. The molecule has 0 bridgehead atoms. The Balaban J connectivity index is 1.37. The fourth-order valence-corrected chi connectivity index (χ4v) is 3.60. The Morgan fingerprint density at radius 2 is 2.12 bits per heavy atom. The van der Waals surface area contributed by atoms with Gasteiger partial charge in [-0.2, -0.15) is 10.2 Å². The first-order valence-electron chi connectivity index (χ1n) is 9.86. The molecule has 1 aliphatic heterocycles. The van der Waals surface area contributed by atoms with Gasteiger partial charge < -0.3 is 20.1 Å². The average molecular weight is 438 g/mol. The topological polar surface area (TPSA) is 123 Å². The molecule has 1 fully saturated rings. The molecule has 11 nitrogen and oxygen atoms in total. The van der Waals surface area contributed by atoms with E-state index in [9.17, 15) is 9.18 Å². The largest absolute Gasteiger partial charge is 0.487 e. The van der Waals surface area contributed by atoms with Crippen LogP contribution in [0, 0.1) is 5.82 Å². The summed E-state index contributed by atoms with van der Waals surface area (Å²) in [5.41, 5.74) is 2.43. The molecule has 4 aromatic heterocycles. The van der Waals surface area contributed by atoms with Crippen LogP contribution in [0.4, 0.5) is 21.0 Å². The first-order valence-corrected chi connectivity index (χ1v) is 9.86. The Morgan fingerprint density at radius 3 is 2.84 bits per heavy atom. The summed E-state index contributed by atoms with van der Waals surface area (Å²) in [4.78, 5) is 20.3. The molecule has 1 saturated heterocycles. The zero-order valence-corrected chi connectivity index (χ0v) is 17.0. The van der Waals surface area contributed by atoms with Crippen molar-refractivity contribution in [1.29, 1.82) is 0 Å². The molecular weight excluding hydrogens is 419 g/mol. The van der Waals surface area contributed by atoms with Gasteiger partial charge in [0.1, 0.15) is 12.3 Å². The number of hydrogen-bond donors (Lipinski definition) is 2. The minimum atomic E-state index is -0.933. The van der Waals surface area contributed by atoms with Crippen molar-refractivity contribution < 1.29 is 19.0 Å². The molecule has 0 aromatic carbocycles. The Labute approximate surface area is 181 Å². The number of aryl methyl sites for hydroxylation is 1. The maximum absolute atomic E-state index is 13.0. The van der Waals surface area contributed by atoms with Gasteiger partial charge in [-0.1, -0.05) is 0 Å². The SMILES string of the molecule is Cn1ncc(OC[C@H]2CCN2C(=O)O)c1-c1ccn2nc(Nc3ncc(F)cn3)cc2c1. The molecule has 12 heteroatoms. The Hall–Kier alpha value is -4.22. The van der Waals surface area contributed by atoms with Crippen molar-refractivity contribution in [2.24, 2.45) is 7.05 Å². The van der Waals surface area contributed by atoms with E-state index in [1.54, 1.807) is 21.6 Å². The monoisotopic (exact) mass is 438 g/mol. The smallest absolute Gasteiger partial charge is 0.407 e. The summed E-state index contributed by atoms with van der Waals surface area (Å²) in [5.74, 6) is 0.807. The van der Waals surface area contributed by atoms with Crippen LogP contribution in [0.1, 0.15) is 6.42 Å². The Bertz CT molecular complexity index is 1290. The molecule has 164 valence electrons. The number of aromatic nitrogens is 6. The van der Waals surface area contributed by atoms with Gasteiger partial charge in [0.05, 0.1) is 30.1 Å². The Morgan fingerprint density at radius 1 is 1.31 bits per heavy atom. The number of nitrogens with one attached hydrogen (secondary N) is 1. The minimum Gasteiger partial charge on any atom is -0.487 e. The van der Waals surface area contributed by atoms with Crippen LogP contribution in [0.25, 0.3) is 16.8 Å². The third-order valence-electron chi connectivity index (χ3n) is 5.32. The molecule has 32 heavy (non-hydrogen) atoms. The van der Waals surface area contributed by atoms with Gasteiger partial charge >= 0.3 is 6.09 Å². The number of ether oxygens (including phenoxy) is 1. The van der Waals surface area contributed by atoms with Crippen LogP contribution in [0.15, 0.2) is 43.0 Å². The van der Waals surface area contributed by atoms with Crippen molar-refractivity contribution in [2.45, 2.75) is 12.5 Å². The van der Waals surface area contributed by atoms with E-state index >= 15 is 0 Å². The molecule has 5 heterocycles. The Kier molecular flexibility index (Phi) is 4.81. The van der Waals surface area contributed by atoms with E-state index < -0.39 is 11.9 Å². The normalized spacial score (nSPS) is 15.6. The summed E-state index contributed by atoms with van der Waals surface area (Å²) in [6.07, 6.45) is 5.42. The molecule has 5 rings (SSSR count). The molecule has 1 atom stereocenters. The van der Waals surface area contributed by atoms with Crippen LogP contribution in [0.2, 0.25) is 0 Å². The van der Waals surface area contributed by atoms with Crippen LogP contribution >= 0.6 is 0 Å². The zero-order chi connectivity index (χ0) is 22.2. The quantitative estimate of drug-likeness (QED) is 0.471. The lowest BCUT2D eigenvalue weighted by Gasteiger charge is -2.38. The molecule has 0 unspecified atom stereocenters. The van der Waals surface area contributed by atoms with Crippen molar-refractivity contribution in [3.05, 3.63) is 48.8 Å². The van der Waals surface area contributed by atoms with E-state index in [2.05, 4.69) is 25.5 Å². The highest BCUT2D eigenvalue weighted by molar-refractivity contribution is 5.72. The van der Waals surface area contributed by atoms with Gasteiger partial charge in [-0.3, -0.25) is 4.68 Å². The number of carbonyl (C=O) groups is 1. The van der Waals surface area contributed by atoms with E-state index in [0.29, 0.717) is 18.1 Å². The number of amides is 1. The standard InChI is InChI=1S/C20H19FN8O3/c1-27-18(16(10-24-27)32-11-14-3-4-28(14)20(30)31)12-2-5-29-15(6-12)7-17(26-29)25-19-22-8-13(21)9-23-19/h2,5-10,14H,3-4,11H2,1H3,(H,30,31)(H,22,23,25,26)/t14-/m1/s1. The second-order valence-electron chi connectivity index (χ2n) is 7.37. The number of pyridine rings is 1. The van der Waals surface area contributed by atoms with Gasteiger partial charge in [-0.05, 0) is 18.6 Å². The molecule has 2 N–H and O–H groups in total. The summed E-state index contributed by atoms with van der Waals surface area (Å²) in [5, 5.41) is 20.8. The van der Waals surface area contributed by atoms with E-state index in [1.165, 1.54) is 4.90 Å². The van der Waals surface area contributed by atoms with Gasteiger partial charge in [0.25, 0.3) is 0 Å². The van der Waals surface area contributed by atoms with E-state index in [0.717, 1.165) is 35.6 Å². The van der Waals surface area contributed by atoms with E-state index in [-0.39, 0.29) is 18.6 Å². The first kappa shape index (κ1) is 19.7. The maximum Gasteiger partial charge on any atom is 0.407 e. The van der Waals surface area contributed by atoms with Crippen LogP contribution in [-0.4, -0.2) is 64.7 Å². The number of likely N-dealkylation sites (tertiary alicyclic amines) is 1. The predicted octanol–water partition coefficient (Wildman–Crippen LogP) is 2.54. The molecule has 1 aliphatic rings. The number of halogens is 1. The third kappa shape index (κ3) is 3.66. The molecule has 4 aromatic rings. The van der Waals surface area contributed by atoms with E-state index in [4.69, 9.17) is 9.84 Å². The summed E-state index contributed by atoms with van der Waals surface area (Å²) in [6, 6.07) is 5.47. The number of hydrogen-bond acceptors (Lipinski definition) is 7. The highest BCUT2D eigenvalue weighted by Crippen LogP contribution is 2.31. The number of anilines is 2. The molecular formula is C20H19FN8O3. The molecule has 0 radical (unpaired) electrons. The van der Waals surface area contributed by atoms with Crippen LogP contribution in [0.5, 0.6) is 5.75 Å². The van der Waals surface area contributed by atoms with Crippen LogP contribution in [0.3, 0.4) is 0 Å². The fourth-order valence-electron chi connectivity index (χ4n) is 3.60. The van der Waals surface area contributed by atoms with Crippen LogP contribution < -0.4 is 10.1 Å². The lowest BCUT2D eigenvalue weighted by Crippen LogP contribution is -2.53. The third-order valence-corrected chi connectivity index (χ3v) is 5.32. The van der Waals surface area contributed by atoms with Crippen molar-refractivity contribution in [3.63, 3.8) is 0 Å². The van der Waals surface area contributed by atoms with Crippen LogP contribution in [-0.2, 0) is 7.05 Å². The fraction of sp³-hybridized carbons (Fsp3) is 0.250. The molecule has 0 spiro atoms. The molecule has 0 aliphatic carbocycles. The summed E-state index contributed by atoms with van der Waals surface area (Å²) in [7, 11) is 1.81. The van der Waals surface area contributed by atoms with Gasteiger partial charge in [-0.15, -0.1) is 0 Å².